The van der Waals surface area contributed by atoms with Crippen LogP contribution >= 0.6 is 0 Å². The fraction of sp³-hybridized carbons (Fsp3) is 0.462. The number of benzene rings is 1. The van der Waals surface area contributed by atoms with E-state index in [1.165, 1.54) is 7.11 Å². The van der Waals surface area contributed by atoms with E-state index in [0.29, 0.717) is 5.75 Å². The van der Waals surface area contributed by atoms with Gasteiger partial charge in [-0.1, -0.05) is 6.07 Å². The number of carbonyl (C=O) groups is 1. The number of nitrogens with one attached hydrogen (secondary N) is 1. The molecule has 0 unspecified atom stereocenters. The summed E-state index contributed by atoms with van der Waals surface area (Å²) in [5, 5.41) is 2.53. The average molecular weight is 290 g/mol. The molecule has 1 aromatic carbocycles. The highest BCUT2D eigenvalue weighted by Crippen LogP contribution is 2.24. The molecule has 0 aliphatic rings. The van der Waals surface area contributed by atoms with E-state index in [9.17, 15) is 18.0 Å². The summed E-state index contributed by atoms with van der Waals surface area (Å²) in [6.45, 7) is 0.159. The lowest BCUT2D eigenvalue weighted by Gasteiger charge is -2.11. The summed E-state index contributed by atoms with van der Waals surface area (Å²) in [5.74, 6) is -0.121. The summed E-state index contributed by atoms with van der Waals surface area (Å²) < 4.78 is 40.8. The Bertz CT molecular complexity index is 461. The Morgan fingerprint density at radius 3 is 2.65 bits per heavy atom. The molecule has 0 saturated heterocycles. The number of nitrogens with two attached hydrogens (primary N) is 1. The number of ether oxygens (including phenoxy) is 1. The lowest BCUT2D eigenvalue weighted by molar-refractivity contribution is -0.135. The molecule has 0 fully saturated rings. The van der Waals surface area contributed by atoms with Crippen LogP contribution in [0, 0.1) is 0 Å². The van der Waals surface area contributed by atoms with E-state index in [1.54, 1.807) is 18.2 Å². The highest BCUT2D eigenvalue weighted by Gasteiger charge is 2.25. The van der Waals surface area contributed by atoms with Gasteiger partial charge in [0.25, 0.3) is 5.91 Å². The van der Waals surface area contributed by atoms with E-state index in [4.69, 9.17) is 10.5 Å². The van der Waals surface area contributed by atoms with E-state index in [2.05, 4.69) is 5.32 Å². The molecule has 0 aromatic heterocycles. The number of halogens is 3. The molecule has 7 heteroatoms. The molecule has 0 spiro atoms. The number of alkyl halides is 3. The van der Waals surface area contributed by atoms with Gasteiger partial charge in [0.2, 0.25) is 0 Å². The zero-order valence-electron chi connectivity index (χ0n) is 11.1. The smallest absolute Gasteiger partial charge is 0.389 e. The first-order chi connectivity index (χ1) is 9.35. The van der Waals surface area contributed by atoms with Crippen LogP contribution in [0.3, 0.4) is 0 Å². The number of methoxy groups -OCH3 is 1. The minimum absolute atomic E-state index is 0.0226. The molecule has 1 rings (SSSR count). The van der Waals surface area contributed by atoms with Crippen molar-refractivity contribution < 1.29 is 22.7 Å². The van der Waals surface area contributed by atoms with E-state index in [1.807, 2.05) is 0 Å². The number of rotatable bonds is 6. The normalized spacial score (nSPS) is 11.2. The predicted molar refractivity (Wildman–Crippen MR) is 69.6 cm³/mol. The van der Waals surface area contributed by atoms with Crippen molar-refractivity contribution in [3.63, 3.8) is 0 Å². The second kappa shape index (κ2) is 7.02. The van der Waals surface area contributed by atoms with Crippen LogP contribution in [-0.4, -0.2) is 25.7 Å². The second-order valence-electron chi connectivity index (χ2n) is 4.25. The van der Waals surface area contributed by atoms with Gasteiger partial charge >= 0.3 is 6.18 Å². The first-order valence-electron chi connectivity index (χ1n) is 6.12. The number of amides is 1. The van der Waals surface area contributed by atoms with Gasteiger partial charge in [0, 0.05) is 18.7 Å². The van der Waals surface area contributed by atoms with Gasteiger partial charge in [0.1, 0.15) is 11.3 Å². The van der Waals surface area contributed by atoms with Crippen molar-refractivity contribution in [2.45, 2.75) is 25.4 Å². The van der Waals surface area contributed by atoms with Crippen LogP contribution < -0.4 is 15.8 Å². The first-order valence-corrected chi connectivity index (χ1v) is 6.12. The molecule has 112 valence electrons. The highest BCUT2D eigenvalue weighted by molar-refractivity contribution is 6.01. The number of nitrogen functional groups attached to an aromatic ring is 1. The number of hydrogen-bond donors (Lipinski definition) is 2. The summed E-state index contributed by atoms with van der Waals surface area (Å²) in [5.41, 5.74) is 6.16. The summed E-state index contributed by atoms with van der Waals surface area (Å²) in [4.78, 5) is 11.9. The van der Waals surface area contributed by atoms with Crippen molar-refractivity contribution in [1.82, 2.24) is 5.32 Å². The Balaban J connectivity index is 2.48. The van der Waals surface area contributed by atoms with Gasteiger partial charge in [-0.3, -0.25) is 4.79 Å². The van der Waals surface area contributed by atoms with Gasteiger partial charge < -0.3 is 15.8 Å². The van der Waals surface area contributed by atoms with E-state index >= 15 is 0 Å². The standard InChI is InChI=1S/C13H17F3N2O2/c1-20-10-6-4-5-9(17)11(10)12(19)18-8-3-2-7-13(14,15)16/h4-6H,2-3,7-8,17H2,1H3,(H,18,19). The van der Waals surface area contributed by atoms with Crippen molar-refractivity contribution in [1.29, 1.82) is 0 Å². The molecule has 20 heavy (non-hydrogen) atoms. The number of anilines is 1. The zero-order valence-corrected chi connectivity index (χ0v) is 11.1. The molecule has 4 nitrogen and oxygen atoms in total. The summed E-state index contributed by atoms with van der Waals surface area (Å²) in [6, 6.07) is 4.80. The molecule has 0 atom stereocenters. The van der Waals surface area contributed by atoms with Crippen molar-refractivity contribution in [2.75, 3.05) is 19.4 Å². The predicted octanol–water partition coefficient (Wildman–Crippen LogP) is 2.74. The molecule has 0 heterocycles. The van der Waals surface area contributed by atoms with Crippen LogP contribution in [0.25, 0.3) is 0 Å². The molecule has 1 aromatic rings. The number of hydrogen-bond acceptors (Lipinski definition) is 3. The third kappa shape index (κ3) is 4.99. The quantitative estimate of drug-likeness (QED) is 0.625. The Kier molecular flexibility index (Phi) is 5.66. The van der Waals surface area contributed by atoms with Gasteiger partial charge in [-0.15, -0.1) is 0 Å². The maximum absolute atomic E-state index is 11.9. The molecule has 0 aliphatic heterocycles. The molecule has 0 radical (unpaired) electrons. The fourth-order valence-electron chi connectivity index (χ4n) is 1.70. The maximum Gasteiger partial charge on any atom is 0.389 e. The van der Waals surface area contributed by atoms with Crippen LogP contribution in [0.1, 0.15) is 29.6 Å². The van der Waals surface area contributed by atoms with Gasteiger partial charge in [-0.05, 0) is 25.0 Å². The third-order valence-electron chi connectivity index (χ3n) is 2.68. The molecular formula is C13H17F3N2O2. The summed E-state index contributed by atoms with van der Waals surface area (Å²) in [6.07, 6.45) is -4.78. The average Bonchev–Trinajstić information content (AvgIpc) is 2.36. The van der Waals surface area contributed by atoms with Crippen LogP contribution in [0.2, 0.25) is 0 Å². The van der Waals surface area contributed by atoms with Gasteiger partial charge in [-0.25, -0.2) is 0 Å². The summed E-state index contributed by atoms with van der Waals surface area (Å²) in [7, 11) is 1.41. The minimum Gasteiger partial charge on any atom is -0.496 e. The van der Waals surface area contributed by atoms with Crippen LogP contribution in [0.4, 0.5) is 18.9 Å². The van der Waals surface area contributed by atoms with Crippen molar-refractivity contribution in [3.05, 3.63) is 23.8 Å². The van der Waals surface area contributed by atoms with Crippen LogP contribution in [-0.2, 0) is 0 Å². The largest absolute Gasteiger partial charge is 0.496 e. The van der Waals surface area contributed by atoms with Crippen molar-refractivity contribution >= 4 is 11.6 Å². The fourth-order valence-corrected chi connectivity index (χ4v) is 1.70. The molecular weight excluding hydrogens is 273 g/mol. The lowest BCUT2D eigenvalue weighted by Crippen LogP contribution is -2.26. The van der Waals surface area contributed by atoms with Gasteiger partial charge in [0.15, 0.2) is 0 Å². The number of carbonyl (C=O) groups excluding carboxylic acids is 1. The van der Waals surface area contributed by atoms with Gasteiger partial charge in [0.05, 0.1) is 7.11 Å². The van der Waals surface area contributed by atoms with Crippen molar-refractivity contribution in [3.8, 4) is 5.75 Å². The Morgan fingerprint density at radius 2 is 2.05 bits per heavy atom. The summed E-state index contributed by atoms with van der Waals surface area (Å²) >= 11 is 0. The molecule has 3 N–H and O–H groups in total. The SMILES string of the molecule is COc1cccc(N)c1C(=O)NCCCCC(F)(F)F. The van der Waals surface area contributed by atoms with E-state index < -0.39 is 18.5 Å². The first kappa shape index (κ1) is 16.1. The number of unbranched alkanes of at least 4 members (excludes halogenated alkanes) is 1. The molecule has 0 saturated carbocycles. The Hall–Kier alpha value is -1.92. The second-order valence-corrected chi connectivity index (χ2v) is 4.25. The highest BCUT2D eigenvalue weighted by atomic mass is 19.4. The Labute approximate surface area is 115 Å². The van der Waals surface area contributed by atoms with E-state index in [0.717, 1.165) is 0 Å². The minimum atomic E-state index is -4.16. The Morgan fingerprint density at radius 1 is 1.35 bits per heavy atom. The lowest BCUT2D eigenvalue weighted by atomic mass is 10.1. The monoisotopic (exact) mass is 290 g/mol. The topological polar surface area (TPSA) is 64.3 Å². The molecule has 0 aliphatic carbocycles. The molecule has 1 amide bonds. The third-order valence-corrected chi connectivity index (χ3v) is 2.68. The van der Waals surface area contributed by atoms with Crippen LogP contribution in [0.5, 0.6) is 5.75 Å². The van der Waals surface area contributed by atoms with E-state index in [-0.39, 0.29) is 30.6 Å². The van der Waals surface area contributed by atoms with Crippen molar-refractivity contribution in [2.24, 2.45) is 0 Å². The van der Waals surface area contributed by atoms with Gasteiger partial charge in [-0.2, -0.15) is 13.2 Å². The maximum atomic E-state index is 11.9. The van der Waals surface area contributed by atoms with Crippen LogP contribution in [0.15, 0.2) is 18.2 Å². The zero-order chi connectivity index (χ0) is 15.2. The molecule has 0 bridgehead atoms.